The number of piperidine rings is 1. The van der Waals surface area contributed by atoms with E-state index in [0.717, 1.165) is 23.5 Å². The molecule has 2 heterocycles. The molecule has 1 amide bonds. The van der Waals surface area contributed by atoms with Crippen molar-refractivity contribution in [2.45, 2.75) is 19.0 Å². The molecule has 1 aliphatic heterocycles. The van der Waals surface area contributed by atoms with E-state index in [1.165, 1.54) is 6.07 Å². The lowest BCUT2D eigenvalue weighted by Crippen LogP contribution is -2.37. The average molecular weight is 449 g/mol. The lowest BCUT2D eigenvalue weighted by molar-refractivity contribution is -0.139. The van der Waals surface area contributed by atoms with Gasteiger partial charge in [-0.3, -0.25) is 9.59 Å². The third kappa shape index (κ3) is 4.63. The van der Waals surface area contributed by atoms with E-state index in [1.807, 2.05) is 4.90 Å². The van der Waals surface area contributed by atoms with Gasteiger partial charge in [-0.2, -0.15) is 13.2 Å². The molecule has 1 aromatic heterocycles. The highest BCUT2D eigenvalue weighted by Gasteiger charge is 2.32. The van der Waals surface area contributed by atoms with Crippen LogP contribution in [0.5, 0.6) is 5.75 Å². The molecule has 0 radical (unpaired) electrons. The number of ether oxygens (including phenoxy) is 1. The van der Waals surface area contributed by atoms with Gasteiger partial charge in [0.25, 0.3) is 5.91 Å². The summed E-state index contributed by atoms with van der Waals surface area (Å²) in [5.74, 6) is -1.01. The van der Waals surface area contributed by atoms with Crippen molar-refractivity contribution in [1.29, 1.82) is 0 Å². The summed E-state index contributed by atoms with van der Waals surface area (Å²) in [7, 11) is 0. The van der Waals surface area contributed by atoms with Crippen LogP contribution in [-0.2, 0) is 11.0 Å². The van der Waals surface area contributed by atoms with Gasteiger partial charge in [-0.1, -0.05) is 6.07 Å². The normalized spacial score (nSPS) is 15.3. The Balaban J connectivity index is 1.38. The Morgan fingerprint density at radius 1 is 1.13 bits per heavy atom. The summed E-state index contributed by atoms with van der Waals surface area (Å²) >= 11 is 1.12. The van der Waals surface area contributed by atoms with Crippen LogP contribution in [0.15, 0.2) is 42.5 Å². The van der Waals surface area contributed by atoms with E-state index in [2.05, 4.69) is 4.98 Å². The van der Waals surface area contributed by atoms with Gasteiger partial charge < -0.3 is 15.4 Å². The lowest BCUT2D eigenvalue weighted by Gasteiger charge is -2.32. The van der Waals surface area contributed by atoms with E-state index in [-0.39, 0.29) is 16.9 Å². The zero-order valence-corrected chi connectivity index (χ0v) is 17.0. The van der Waals surface area contributed by atoms with Crippen molar-refractivity contribution < 1.29 is 27.5 Å². The number of rotatable bonds is 4. The maximum absolute atomic E-state index is 12.9. The SMILES string of the molecule is NC(=O)c1nc2ccc(OC(=O)C3CCN(c4cccc(C(F)(F)F)c4)CC3)cc2s1. The van der Waals surface area contributed by atoms with Crippen LogP contribution >= 0.6 is 11.3 Å². The Hall–Kier alpha value is -3.14. The molecule has 2 N–H and O–H groups in total. The third-order valence-corrected chi connectivity index (χ3v) is 6.19. The summed E-state index contributed by atoms with van der Waals surface area (Å²) in [4.78, 5) is 29.8. The summed E-state index contributed by atoms with van der Waals surface area (Å²) in [5, 5.41) is 0.181. The molecule has 0 unspecified atom stereocenters. The molecule has 31 heavy (non-hydrogen) atoms. The zero-order chi connectivity index (χ0) is 22.2. The van der Waals surface area contributed by atoms with Crippen molar-refractivity contribution in [2.24, 2.45) is 11.7 Å². The number of halogens is 3. The minimum absolute atomic E-state index is 0.181. The third-order valence-electron chi connectivity index (χ3n) is 5.16. The highest BCUT2D eigenvalue weighted by atomic mass is 32.1. The number of amides is 1. The maximum atomic E-state index is 12.9. The smallest absolute Gasteiger partial charge is 0.416 e. The van der Waals surface area contributed by atoms with Gasteiger partial charge in [0.05, 0.1) is 21.7 Å². The van der Waals surface area contributed by atoms with E-state index < -0.39 is 17.6 Å². The van der Waals surface area contributed by atoms with Crippen LogP contribution in [-0.4, -0.2) is 29.9 Å². The van der Waals surface area contributed by atoms with Crippen molar-refractivity contribution in [3.05, 3.63) is 53.0 Å². The number of aromatic nitrogens is 1. The van der Waals surface area contributed by atoms with E-state index >= 15 is 0 Å². The summed E-state index contributed by atoms with van der Waals surface area (Å²) in [5.41, 5.74) is 5.63. The Morgan fingerprint density at radius 2 is 1.87 bits per heavy atom. The predicted molar refractivity (Wildman–Crippen MR) is 110 cm³/mol. The molecule has 1 aliphatic rings. The summed E-state index contributed by atoms with van der Waals surface area (Å²) in [6, 6.07) is 10.1. The number of primary amides is 1. The first-order valence-electron chi connectivity index (χ1n) is 9.55. The number of esters is 1. The Labute approximate surface area is 179 Å². The van der Waals surface area contributed by atoms with Gasteiger partial charge in [0.1, 0.15) is 5.75 Å². The number of fused-ring (bicyclic) bond motifs is 1. The molecular formula is C21H18F3N3O3S. The Morgan fingerprint density at radius 3 is 2.55 bits per heavy atom. The lowest BCUT2D eigenvalue weighted by atomic mass is 9.96. The van der Waals surface area contributed by atoms with Gasteiger partial charge >= 0.3 is 12.1 Å². The Bertz CT molecular complexity index is 1140. The van der Waals surface area contributed by atoms with Crippen molar-refractivity contribution in [1.82, 2.24) is 4.98 Å². The Kier molecular flexibility index (Phi) is 5.57. The fourth-order valence-corrected chi connectivity index (χ4v) is 4.37. The quantitative estimate of drug-likeness (QED) is 0.476. The van der Waals surface area contributed by atoms with E-state index in [9.17, 15) is 22.8 Å². The summed E-state index contributed by atoms with van der Waals surface area (Å²) < 4.78 is 45.0. The van der Waals surface area contributed by atoms with Gasteiger partial charge in [0.2, 0.25) is 0 Å². The maximum Gasteiger partial charge on any atom is 0.416 e. The predicted octanol–water partition coefficient (Wildman–Crippen LogP) is 4.24. The first-order valence-corrected chi connectivity index (χ1v) is 10.4. The molecule has 1 saturated heterocycles. The van der Waals surface area contributed by atoms with Crippen molar-refractivity contribution in [3.8, 4) is 5.75 Å². The zero-order valence-electron chi connectivity index (χ0n) is 16.2. The fraction of sp³-hybridized carbons (Fsp3) is 0.286. The van der Waals surface area contributed by atoms with Gasteiger partial charge in [0, 0.05) is 24.8 Å². The molecule has 0 saturated carbocycles. The number of benzene rings is 2. The molecular weight excluding hydrogens is 431 g/mol. The highest BCUT2D eigenvalue weighted by Crippen LogP contribution is 2.33. The molecule has 0 aliphatic carbocycles. The topological polar surface area (TPSA) is 85.5 Å². The van der Waals surface area contributed by atoms with Gasteiger partial charge in [0.15, 0.2) is 5.01 Å². The van der Waals surface area contributed by atoms with E-state index in [1.54, 1.807) is 24.3 Å². The summed E-state index contributed by atoms with van der Waals surface area (Å²) in [6.07, 6.45) is -3.44. The van der Waals surface area contributed by atoms with Gasteiger partial charge in [-0.25, -0.2) is 4.98 Å². The van der Waals surface area contributed by atoms with Crippen LogP contribution in [0.4, 0.5) is 18.9 Å². The second-order valence-electron chi connectivity index (χ2n) is 7.24. The monoisotopic (exact) mass is 449 g/mol. The molecule has 0 atom stereocenters. The minimum Gasteiger partial charge on any atom is -0.426 e. The number of carbonyl (C=O) groups is 2. The van der Waals surface area contributed by atoms with Gasteiger partial charge in [-0.15, -0.1) is 11.3 Å². The van der Waals surface area contributed by atoms with Crippen LogP contribution in [0, 0.1) is 5.92 Å². The van der Waals surface area contributed by atoms with Crippen LogP contribution in [0.25, 0.3) is 10.2 Å². The number of hydrogen-bond donors (Lipinski definition) is 1. The number of nitrogens with two attached hydrogens (primary N) is 1. The standard InChI is InChI=1S/C21H18F3N3O3S/c22-21(23,24)13-2-1-3-14(10-13)27-8-6-12(7-9-27)20(29)30-15-4-5-16-17(11-15)31-19(26-16)18(25)28/h1-5,10-12H,6-9H2,(H2,25,28). The highest BCUT2D eigenvalue weighted by molar-refractivity contribution is 7.20. The molecule has 162 valence electrons. The minimum atomic E-state index is -4.39. The van der Waals surface area contributed by atoms with Crippen LogP contribution in [0.1, 0.15) is 28.2 Å². The van der Waals surface area contributed by atoms with Crippen LogP contribution in [0.3, 0.4) is 0 Å². The first kappa shape index (κ1) is 21.1. The number of thiazole rings is 1. The number of nitrogens with zero attached hydrogens (tertiary/aromatic N) is 2. The number of alkyl halides is 3. The number of carbonyl (C=O) groups excluding carboxylic acids is 2. The van der Waals surface area contributed by atoms with Crippen molar-refractivity contribution >= 4 is 39.1 Å². The summed E-state index contributed by atoms with van der Waals surface area (Å²) in [6.45, 7) is 0.911. The molecule has 2 aromatic carbocycles. The van der Waals surface area contributed by atoms with E-state index in [0.29, 0.717) is 47.6 Å². The van der Waals surface area contributed by atoms with Crippen molar-refractivity contribution in [3.63, 3.8) is 0 Å². The molecule has 4 rings (SSSR count). The number of hydrogen-bond acceptors (Lipinski definition) is 6. The molecule has 3 aromatic rings. The molecule has 0 spiro atoms. The van der Waals surface area contributed by atoms with Gasteiger partial charge in [-0.05, 0) is 43.2 Å². The first-order chi connectivity index (χ1) is 14.7. The van der Waals surface area contributed by atoms with Crippen molar-refractivity contribution in [2.75, 3.05) is 18.0 Å². The molecule has 0 bridgehead atoms. The second-order valence-corrected chi connectivity index (χ2v) is 8.27. The van der Waals surface area contributed by atoms with E-state index in [4.69, 9.17) is 10.5 Å². The van der Waals surface area contributed by atoms with Crippen LogP contribution in [0.2, 0.25) is 0 Å². The largest absolute Gasteiger partial charge is 0.426 e. The number of anilines is 1. The molecule has 10 heteroatoms. The average Bonchev–Trinajstić information content (AvgIpc) is 3.17. The van der Waals surface area contributed by atoms with Crippen LogP contribution < -0.4 is 15.4 Å². The fourth-order valence-electron chi connectivity index (χ4n) is 3.53. The molecule has 1 fully saturated rings. The second kappa shape index (κ2) is 8.18. The molecule has 6 nitrogen and oxygen atoms in total.